The van der Waals surface area contributed by atoms with E-state index in [0.29, 0.717) is 39.9 Å². The summed E-state index contributed by atoms with van der Waals surface area (Å²) < 4.78 is 0. The lowest BCUT2D eigenvalue weighted by molar-refractivity contribution is 0.0973. The predicted molar refractivity (Wildman–Crippen MR) is 495 cm³/mol. The molecule has 0 atom stereocenters. The zero-order chi connectivity index (χ0) is 82.9. The van der Waals surface area contributed by atoms with Gasteiger partial charge in [-0.1, -0.05) is 355 Å². The van der Waals surface area contributed by atoms with E-state index in [2.05, 4.69) is 403 Å². The van der Waals surface area contributed by atoms with Crippen molar-refractivity contribution in [1.29, 1.82) is 0 Å². The van der Waals surface area contributed by atoms with Gasteiger partial charge >= 0.3 is 0 Å². The summed E-state index contributed by atoms with van der Waals surface area (Å²) in [6.07, 6.45) is 9.90. The third-order valence-corrected chi connectivity index (χ3v) is 26.2. The molecule has 0 spiro atoms. The minimum atomic E-state index is 0.104. The van der Waals surface area contributed by atoms with E-state index < -0.39 is 0 Å². The second-order valence-electron chi connectivity index (χ2n) is 42.8. The van der Waals surface area contributed by atoms with E-state index in [1.54, 1.807) is 11.1 Å². The van der Waals surface area contributed by atoms with Gasteiger partial charge in [0.15, 0.2) is 0 Å². The number of rotatable bonds is 11. The predicted octanol–water partition coefficient (Wildman–Crippen LogP) is 33.5. The van der Waals surface area contributed by atoms with Gasteiger partial charge in [-0.25, -0.2) is 0 Å². The lowest BCUT2D eigenvalue weighted by atomic mass is 9.59. The number of aromatic nitrogens is 1. The molecule has 0 aliphatic heterocycles. The summed E-state index contributed by atoms with van der Waals surface area (Å²) in [6, 6.07) is 52.7. The Balaban J connectivity index is 0.000000192. The van der Waals surface area contributed by atoms with Crippen molar-refractivity contribution in [3.63, 3.8) is 0 Å². The van der Waals surface area contributed by atoms with Gasteiger partial charge in [-0.05, 0) is 303 Å². The molecule has 10 aromatic rings. The van der Waals surface area contributed by atoms with Crippen LogP contribution in [0.1, 0.15) is 374 Å². The van der Waals surface area contributed by atoms with Crippen molar-refractivity contribution < 1.29 is 0 Å². The quantitative estimate of drug-likeness (QED) is 0.126. The fourth-order valence-electron chi connectivity index (χ4n) is 20.2. The van der Waals surface area contributed by atoms with Crippen molar-refractivity contribution in [2.45, 2.75) is 370 Å². The normalized spacial score (nSPS) is 14.7. The van der Waals surface area contributed by atoms with Crippen LogP contribution in [0.15, 0.2) is 140 Å². The molecule has 1 saturated carbocycles. The molecule has 11 rings (SSSR count). The largest absolute Gasteiger partial charge is 0.253 e. The second kappa shape index (κ2) is 34.2. The molecule has 1 aliphatic rings. The highest BCUT2D eigenvalue weighted by molar-refractivity contribution is 5.94. The standard InChI is InChI=1S/C25H36.2C22H32.C21H30.C19H27N/c1-17-19-11-9-10-12-20(19)21(13-22(17)23(2,3)4)18-14-24(5,6)16-25(7,8)15-18;1-14(2)21(15(3)4)19-13-20(22(6,7)8)16(5)17-11-9-10-12-18(17)19;1-8-22(9-2,10-3)20-15-19(21(5,6)7)16(4)17-13-11-12-14-18(17)20;1-8-21(7,9-2)19-14-18(20(4,5)6)15(3)16-12-10-11-13-17(16)19;1-12-9-10-14-13(2)15(18(3,4)5)11-16(17(14)20-12)19(6,7)8/h9-13,18H,14-16H2,1-8H3;9-15,21H,1-8H3;11-15H,8-10H2,1-7H3;10-14H,8-9H2,1-7H3;9-11H,1-8H3. The highest BCUT2D eigenvalue weighted by Gasteiger charge is 2.41. The number of nitrogens with zero attached hydrogens (tertiary/aromatic N) is 1. The lowest BCUT2D eigenvalue weighted by Crippen LogP contribution is -2.33. The monoisotopic (exact) mass is 1480 g/mol. The molecule has 0 radical (unpaired) electrons. The minimum Gasteiger partial charge on any atom is -0.253 e. The minimum absolute atomic E-state index is 0.104. The van der Waals surface area contributed by atoms with E-state index in [-0.39, 0.29) is 37.9 Å². The van der Waals surface area contributed by atoms with Crippen LogP contribution < -0.4 is 0 Å². The number of hydrogen-bond donors (Lipinski definition) is 0. The number of hydrogen-bond acceptors (Lipinski definition) is 1. The number of pyridine rings is 1. The molecule has 9 aromatic carbocycles. The van der Waals surface area contributed by atoms with Crippen LogP contribution in [0.3, 0.4) is 0 Å². The Labute approximate surface area is 675 Å². The number of benzene rings is 9. The topological polar surface area (TPSA) is 12.9 Å². The molecule has 598 valence electrons. The Morgan fingerprint density at radius 2 is 0.627 bits per heavy atom. The molecule has 1 heteroatoms. The fourth-order valence-corrected chi connectivity index (χ4v) is 20.2. The van der Waals surface area contributed by atoms with E-state index in [9.17, 15) is 0 Å². The summed E-state index contributed by atoms with van der Waals surface area (Å²) in [5.74, 6) is 2.56. The van der Waals surface area contributed by atoms with Crippen molar-refractivity contribution in [2.75, 3.05) is 0 Å². The van der Waals surface area contributed by atoms with E-state index >= 15 is 0 Å². The van der Waals surface area contributed by atoms with Crippen LogP contribution in [0.5, 0.6) is 0 Å². The maximum Gasteiger partial charge on any atom is 0.0745 e. The van der Waals surface area contributed by atoms with Crippen LogP contribution >= 0.6 is 0 Å². The molecule has 1 heterocycles. The molecular formula is C109H157N. The Bertz CT molecular complexity index is 4770. The number of fused-ring (bicyclic) bond motifs is 5. The van der Waals surface area contributed by atoms with Crippen LogP contribution in [-0.2, 0) is 43.3 Å². The highest BCUT2D eigenvalue weighted by Crippen LogP contribution is 2.54. The van der Waals surface area contributed by atoms with Crippen LogP contribution in [0.2, 0.25) is 0 Å². The fraction of sp³-hybridized carbons (Fsp3) is 0.550. The van der Waals surface area contributed by atoms with E-state index in [1.165, 1.54) is 178 Å². The summed E-state index contributed by atoms with van der Waals surface area (Å²) in [6.45, 7) is 88.5. The molecular weight excluding hydrogens is 1320 g/mol. The maximum absolute atomic E-state index is 4.83. The SMILES string of the molecule is CCC(C)(CC)c1cc(C(C)(C)C)c(C)c2ccccc12.CCC(CC)(CC)c1cc(C(C)(C)C)c(C)c2ccccc12.Cc1c(C(C)(C)C)cc(C(C(C)C)C(C)C)c2ccccc12.Cc1c(C(C)(C)C)cc(C2CC(C)(C)CC(C)(C)C2)c2ccccc12.Cc1ccc2c(C)c(C(C)(C)C)cc(C(C)(C)C)c2n1. The van der Waals surface area contributed by atoms with E-state index in [1.807, 2.05) is 0 Å². The maximum atomic E-state index is 4.83. The average molecular weight is 1480 g/mol. The zero-order valence-corrected chi connectivity index (χ0v) is 77.7. The lowest BCUT2D eigenvalue weighted by Gasteiger charge is -2.45. The van der Waals surface area contributed by atoms with Crippen LogP contribution in [0.25, 0.3) is 54.0 Å². The third kappa shape index (κ3) is 20.1. The molecule has 1 fully saturated rings. The van der Waals surface area contributed by atoms with E-state index in [4.69, 9.17) is 4.98 Å². The first-order valence-corrected chi connectivity index (χ1v) is 43.1. The Hall–Kier alpha value is -6.57. The zero-order valence-electron chi connectivity index (χ0n) is 77.7. The van der Waals surface area contributed by atoms with Crippen molar-refractivity contribution in [2.24, 2.45) is 22.7 Å². The summed E-state index contributed by atoms with van der Waals surface area (Å²) in [5.41, 5.74) is 26.8. The molecule has 0 N–H and O–H groups in total. The van der Waals surface area contributed by atoms with E-state index in [0.717, 1.165) is 5.69 Å². The van der Waals surface area contributed by atoms with Crippen molar-refractivity contribution in [3.05, 3.63) is 229 Å². The van der Waals surface area contributed by atoms with Gasteiger partial charge in [0, 0.05) is 11.1 Å². The third-order valence-electron chi connectivity index (χ3n) is 26.2. The molecule has 0 saturated heterocycles. The molecule has 0 unspecified atom stereocenters. The molecule has 0 bridgehead atoms. The van der Waals surface area contributed by atoms with Crippen LogP contribution in [-0.4, -0.2) is 4.98 Å². The molecule has 1 nitrogen and oxygen atoms in total. The van der Waals surface area contributed by atoms with Crippen LogP contribution in [0.4, 0.5) is 0 Å². The summed E-state index contributed by atoms with van der Waals surface area (Å²) in [7, 11) is 0. The summed E-state index contributed by atoms with van der Waals surface area (Å²) in [4.78, 5) is 4.83. The van der Waals surface area contributed by atoms with Gasteiger partial charge < -0.3 is 0 Å². The first-order chi connectivity index (χ1) is 50.6. The van der Waals surface area contributed by atoms with Crippen molar-refractivity contribution >= 4 is 54.0 Å². The Morgan fingerprint density at radius 1 is 0.327 bits per heavy atom. The van der Waals surface area contributed by atoms with Crippen molar-refractivity contribution in [1.82, 2.24) is 4.98 Å². The van der Waals surface area contributed by atoms with Gasteiger partial charge in [-0.15, -0.1) is 0 Å². The Morgan fingerprint density at radius 3 is 0.991 bits per heavy atom. The first-order valence-electron chi connectivity index (χ1n) is 43.1. The molecule has 1 aromatic heterocycles. The number of aryl methyl sites for hydroxylation is 6. The van der Waals surface area contributed by atoms with Gasteiger partial charge in [0.25, 0.3) is 0 Å². The molecule has 0 amide bonds. The Kier molecular flexibility index (Phi) is 28.2. The molecule has 1 aliphatic carbocycles. The van der Waals surface area contributed by atoms with Crippen LogP contribution in [0, 0.1) is 64.2 Å². The average Bonchev–Trinajstić information content (AvgIpc) is 0.774. The van der Waals surface area contributed by atoms with Gasteiger partial charge in [0.2, 0.25) is 0 Å². The summed E-state index contributed by atoms with van der Waals surface area (Å²) >= 11 is 0. The highest BCUT2D eigenvalue weighted by atomic mass is 14.7. The van der Waals surface area contributed by atoms with Gasteiger partial charge in [-0.2, -0.15) is 0 Å². The van der Waals surface area contributed by atoms with Gasteiger partial charge in [-0.3, -0.25) is 4.98 Å². The van der Waals surface area contributed by atoms with Gasteiger partial charge in [0.1, 0.15) is 0 Å². The van der Waals surface area contributed by atoms with Gasteiger partial charge in [0.05, 0.1) is 5.52 Å². The molecule has 110 heavy (non-hydrogen) atoms. The smallest absolute Gasteiger partial charge is 0.0745 e. The summed E-state index contributed by atoms with van der Waals surface area (Å²) in [5, 5.41) is 12.9. The van der Waals surface area contributed by atoms with Crippen molar-refractivity contribution in [3.8, 4) is 0 Å². The first kappa shape index (κ1) is 90.6. The second-order valence-corrected chi connectivity index (χ2v) is 42.8.